The highest BCUT2D eigenvalue weighted by Gasteiger charge is 2.30. The van der Waals surface area contributed by atoms with E-state index in [0.29, 0.717) is 0 Å². The molecule has 0 aromatic carbocycles. The van der Waals surface area contributed by atoms with Crippen molar-refractivity contribution in [2.45, 2.75) is 25.0 Å². The SMILES string of the molecule is O=C(O)CC(OC(CC(=O)O)C(=O)O)C(=O)O.[MgH2]. The lowest BCUT2D eigenvalue weighted by molar-refractivity contribution is -0.172. The van der Waals surface area contributed by atoms with Crippen LogP contribution >= 0.6 is 0 Å². The maximum Gasteiger partial charge on any atom is 0.333 e. The maximum absolute atomic E-state index is 10.6. The molecule has 0 rings (SSSR count). The fourth-order valence-corrected chi connectivity index (χ4v) is 0.903. The van der Waals surface area contributed by atoms with Gasteiger partial charge in [0.15, 0.2) is 12.2 Å². The molecule has 4 N–H and O–H groups in total. The van der Waals surface area contributed by atoms with E-state index >= 15 is 0 Å². The number of ether oxygens (including phenoxy) is 1. The summed E-state index contributed by atoms with van der Waals surface area (Å²) in [5, 5.41) is 33.8. The van der Waals surface area contributed by atoms with Gasteiger partial charge in [-0.25, -0.2) is 9.59 Å². The maximum atomic E-state index is 10.6. The lowest BCUT2D eigenvalue weighted by Crippen LogP contribution is -2.36. The van der Waals surface area contributed by atoms with Gasteiger partial charge < -0.3 is 25.2 Å². The molecule has 9 nitrogen and oxygen atoms in total. The Balaban J connectivity index is 0. The van der Waals surface area contributed by atoms with Crippen LogP contribution in [-0.2, 0) is 23.9 Å². The molecule has 2 unspecified atom stereocenters. The van der Waals surface area contributed by atoms with Gasteiger partial charge in [0.05, 0.1) is 12.8 Å². The van der Waals surface area contributed by atoms with Gasteiger partial charge in [-0.2, -0.15) is 0 Å². The van der Waals surface area contributed by atoms with Crippen molar-refractivity contribution in [1.82, 2.24) is 0 Å². The summed E-state index contributed by atoms with van der Waals surface area (Å²) in [5.41, 5.74) is 0. The van der Waals surface area contributed by atoms with Gasteiger partial charge in [0.1, 0.15) is 0 Å². The second-order valence-corrected chi connectivity index (χ2v) is 2.99. The number of aliphatic carboxylic acids is 4. The Morgan fingerprint density at radius 3 is 1.22 bits per heavy atom. The summed E-state index contributed by atoms with van der Waals surface area (Å²) in [5.74, 6) is -6.36. The molecule has 0 aromatic heterocycles. The van der Waals surface area contributed by atoms with Crippen LogP contribution in [0.1, 0.15) is 12.8 Å². The second-order valence-electron chi connectivity index (χ2n) is 2.99. The molecule has 0 fully saturated rings. The third-order valence-corrected chi connectivity index (χ3v) is 1.60. The predicted octanol–water partition coefficient (Wildman–Crippen LogP) is -2.06. The minimum Gasteiger partial charge on any atom is -0.481 e. The molecular formula is C8H12MgO9. The molecule has 0 radical (unpaired) electrons. The molecule has 0 saturated carbocycles. The normalized spacial score (nSPS) is 12.9. The van der Waals surface area contributed by atoms with Crippen molar-refractivity contribution in [2.24, 2.45) is 0 Å². The van der Waals surface area contributed by atoms with Gasteiger partial charge >= 0.3 is 46.9 Å². The summed E-state index contributed by atoms with van der Waals surface area (Å²) in [6.07, 6.45) is -5.74. The highest BCUT2D eigenvalue weighted by Crippen LogP contribution is 2.08. The monoisotopic (exact) mass is 276 g/mol. The third-order valence-electron chi connectivity index (χ3n) is 1.60. The van der Waals surface area contributed by atoms with Crippen LogP contribution in [0.4, 0.5) is 0 Å². The smallest absolute Gasteiger partial charge is 0.333 e. The molecule has 18 heavy (non-hydrogen) atoms. The van der Waals surface area contributed by atoms with Gasteiger partial charge in [-0.1, -0.05) is 0 Å². The summed E-state index contributed by atoms with van der Waals surface area (Å²) >= 11 is 0. The molecule has 0 heterocycles. The summed E-state index contributed by atoms with van der Waals surface area (Å²) in [6.45, 7) is 0. The first-order chi connectivity index (χ1) is 7.73. The number of carbonyl (C=O) groups is 4. The first kappa shape index (κ1) is 19.0. The van der Waals surface area contributed by atoms with Gasteiger partial charge in [-0.05, 0) is 0 Å². The number of carboxylic acids is 4. The zero-order valence-electron chi connectivity index (χ0n) is 8.40. The molecule has 0 bridgehead atoms. The minimum atomic E-state index is -1.91. The van der Waals surface area contributed by atoms with Crippen molar-refractivity contribution in [2.75, 3.05) is 0 Å². The Morgan fingerprint density at radius 1 is 0.778 bits per heavy atom. The minimum absolute atomic E-state index is 0. The quantitative estimate of drug-likeness (QED) is 0.366. The summed E-state index contributed by atoms with van der Waals surface area (Å²) in [6, 6.07) is 0. The lowest BCUT2D eigenvalue weighted by Gasteiger charge is -2.16. The van der Waals surface area contributed by atoms with Crippen molar-refractivity contribution >= 4 is 46.9 Å². The molecule has 10 heteroatoms. The van der Waals surface area contributed by atoms with Crippen molar-refractivity contribution in [3.8, 4) is 0 Å². The van der Waals surface area contributed by atoms with Gasteiger partial charge in [0.25, 0.3) is 0 Å². The highest BCUT2D eigenvalue weighted by molar-refractivity contribution is 5.82. The van der Waals surface area contributed by atoms with Gasteiger partial charge in [0.2, 0.25) is 0 Å². The van der Waals surface area contributed by atoms with Crippen LogP contribution in [0.15, 0.2) is 0 Å². The molecule has 0 aliphatic rings. The molecule has 0 amide bonds. The zero-order valence-corrected chi connectivity index (χ0v) is 8.40. The van der Waals surface area contributed by atoms with E-state index < -0.39 is 48.9 Å². The zero-order chi connectivity index (χ0) is 13.6. The van der Waals surface area contributed by atoms with E-state index in [1.165, 1.54) is 0 Å². The molecule has 0 spiro atoms. The highest BCUT2D eigenvalue weighted by atomic mass is 24.3. The van der Waals surface area contributed by atoms with Crippen LogP contribution in [0.25, 0.3) is 0 Å². The second kappa shape index (κ2) is 8.66. The summed E-state index contributed by atoms with van der Waals surface area (Å²) in [7, 11) is 0. The average molecular weight is 276 g/mol. The Kier molecular flexibility index (Phi) is 9.12. The van der Waals surface area contributed by atoms with Crippen LogP contribution in [0.3, 0.4) is 0 Å². The van der Waals surface area contributed by atoms with Crippen molar-refractivity contribution < 1.29 is 44.3 Å². The molecule has 2 atom stereocenters. The first-order valence-corrected chi connectivity index (χ1v) is 4.28. The first-order valence-electron chi connectivity index (χ1n) is 4.28. The van der Waals surface area contributed by atoms with E-state index in [-0.39, 0.29) is 23.1 Å². The molecule has 0 aromatic rings. The fourth-order valence-electron chi connectivity index (χ4n) is 0.903. The van der Waals surface area contributed by atoms with Crippen LogP contribution in [-0.4, -0.2) is 79.6 Å². The third kappa shape index (κ3) is 7.81. The lowest BCUT2D eigenvalue weighted by atomic mass is 10.2. The van der Waals surface area contributed by atoms with E-state index in [1.54, 1.807) is 0 Å². The van der Waals surface area contributed by atoms with Crippen molar-refractivity contribution in [1.29, 1.82) is 0 Å². The van der Waals surface area contributed by atoms with Gasteiger partial charge in [0, 0.05) is 0 Å². The Morgan fingerprint density at radius 2 is 1.06 bits per heavy atom. The fraction of sp³-hybridized carbons (Fsp3) is 0.500. The van der Waals surface area contributed by atoms with Crippen LogP contribution < -0.4 is 0 Å². The number of carboxylic acid groups (broad SMARTS) is 4. The van der Waals surface area contributed by atoms with Crippen LogP contribution in [0, 0.1) is 0 Å². The van der Waals surface area contributed by atoms with Crippen LogP contribution in [0.5, 0.6) is 0 Å². The van der Waals surface area contributed by atoms with Crippen molar-refractivity contribution in [3.63, 3.8) is 0 Å². The van der Waals surface area contributed by atoms with E-state index in [1.807, 2.05) is 0 Å². The number of hydrogen-bond acceptors (Lipinski definition) is 5. The van der Waals surface area contributed by atoms with E-state index in [4.69, 9.17) is 20.4 Å². The molecular weight excluding hydrogens is 264 g/mol. The van der Waals surface area contributed by atoms with Crippen LogP contribution in [0.2, 0.25) is 0 Å². The Bertz CT molecular complexity index is 307. The Hall–Kier alpha value is -1.39. The molecule has 0 aliphatic carbocycles. The van der Waals surface area contributed by atoms with E-state index in [0.717, 1.165) is 0 Å². The largest absolute Gasteiger partial charge is 0.481 e. The van der Waals surface area contributed by atoms with Crippen molar-refractivity contribution in [3.05, 3.63) is 0 Å². The number of hydrogen-bond donors (Lipinski definition) is 4. The summed E-state index contributed by atoms with van der Waals surface area (Å²) in [4.78, 5) is 41.7. The molecule has 0 aliphatic heterocycles. The molecule has 0 saturated heterocycles. The standard InChI is InChI=1S/C8H10O9.Mg.2H/c9-5(10)1-3(7(13)14)17-4(8(15)16)2-6(11)12;;;/h3-4H,1-2H2,(H,9,10)(H,11,12)(H,13,14)(H,15,16);;;. The predicted molar refractivity (Wildman–Crippen MR) is 57.0 cm³/mol. The van der Waals surface area contributed by atoms with E-state index in [9.17, 15) is 19.2 Å². The average Bonchev–Trinajstić information content (AvgIpc) is 2.13. The van der Waals surface area contributed by atoms with E-state index in [2.05, 4.69) is 4.74 Å². The topological polar surface area (TPSA) is 158 Å². The van der Waals surface area contributed by atoms with Gasteiger partial charge in [-0.3, -0.25) is 9.59 Å². The number of rotatable bonds is 8. The summed E-state index contributed by atoms with van der Waals surface area (Å²) < 4.78 is 4.43. The Labute approximate surface area is 117 Å². The van der Waals surface area contributed by atoms with Gasteiger partial charge in [-0.15, -0.1) is 0 Å². The molecule has 100 valence electrons.